The summed E-state index contributed by atoms with van der Waals surface area (Å²) in [4.78, 5) is 0. The van der Waals surface area contributed by atoms with E-state index < -0.39 is 5.60 Å². The second kappa shape index (κ2) is 3.85. The van der Waals surface area contributed by atoms with Crippen LogP contribution in [0.1, 0.15) is 37.8 Å². The molecular weight excluding hydrogens is 203 g/mol. The number of hydrogen-bond acceptors (Lipinski definition) is 1. The van der Waals surface area contributed by atoms with Crippen molar-refractivity contribution in [2.24, 2.45) is 11.8 Å². The Bertz CT molecular complexity index is 371. The molecule has 2 heteroatoms. The summed E-state index contributed by atoms with van der Waals surface area (Å²) in [6, 6.07) is 4.84. The first-order chi connectivity index (χ1) is 7.40. The summed E-state index contributed by atoms with van der Waals surface area (Å²) in [6.07, 6.45) is 1.52. The summed E-state index contributed by atoms with van der Waals surface area (Å²) < 4.78 is 13.3. The molecule has 1 fully saturated rings. The van der Waals surface area contributed by atoms with Crippen molar-refractivity contribution in [1.29, 1.82) is 0 Å². The summed E-state index contributed by atoms with van der Waals surface area (Å²) >= 11 is 0. The molecule has 0 aliphatic heterocycles. The quantitative estimate of drug-likeness (QED) is 0.813. The molecule has 0 unspecified atom stereocenters. The monoisotopic (exact) mass is 222 g/mol. The zero-order chi connectivity index (χ0) is 11.9. The van der Waals surface area contributed by atoms with Crippen molar-refractivity contribution in [1.82, 2.24) is 0 Å². The molecule has 0 aromatic heterocycles. The van der Waals surface area contributed by atoms with Crippen LogP contribution in [0.2, 0.25) is 0 Å². The van der Waals surface area contributed by atoms with Crippen LogP contribution in [-0.4, -0.2) is 5.11 Å². The topological polar surface area (TPSA) is 20.2 Å². The minimum atomic E-state index is -0.790. The highest BCUT2D eigenvalue weighted by molar-refractivity contribution is 5.30. The number of aliphatic hydroxyl groups is 1. The van der Waals surface area contributed by atoms with Gasteiger partial charge in [-0.25, -0.2) is 4.39 Å². The van der Waals surface area contributed by atoms with Gasteiger partial charge in [0.15, 0.2) is 0 Å². The summed E-state index contributed by atoms with van der Waals surface area (Å²) in [6.45, 7) is 6.19. The van der Waals surface area contributed by atoms with Gasteiger partial charge in [-0.05, 0) is 54.9 Å². The highest BCUT2D eigenvalue weighted by Crippen LogP contribution is 2.48. The van der Waals surface area contributed by atoms with Crippen molar-refractivity contribution in [3.8, 4) is 0 Å². The summed E-state index contributed by atoms with van der Waals surface area (Å²) in [5.74, 6) is 0.903. The summed E-state index contributed by atoms with van der Waals surface area (Å²) in [5.41, 5.74) is 0.820. The van der Waals surface area contributed by atoms with Gasteiger partial charge in [0.1, 0.15) is 5.82 Å². The predicted octanol–water partition coefficient (Wildman–Crippen LogP) is 3.39. The maximum atomic E-state index is 13.3. The molecule has 88 valence electrons. The molecule has 0 heterocycles. The molecule has 16 heavy (non-hydrogen) atoms. The Morgan fingerprint density at radius 1 is 1.31 bits per heavy atom. The third-order valence-corrected chi connectivity index (χ3v) is 3.72. The van der Waals surface area contributed by atoms with Crippen LogP contribution in [-0.2, 0) is 5.60 Å². The summed E-state index contributed by atoms with van der Waals surface area (Å²) in [7, 11) is 0. The van der Waals surface area contributed by atoms with Crippen LogP contribution in [0.4, 0.5) is 4.39 Å². The number of benzene rings is 1. The van der Waals surface area contributed by atoms with Crippen LogP contribution < -0.4 is 0 Å². The van der Waals surface area contributed by atoms with E-state index in [4.69, 9.17) is 0 Å². The van der Waals surface area contributed by atoms with Crippen molar-refractivity contribution in [3.63, 3.8) is 0 Å². The molecule has 1 aliphatic rings. The molecule has 0 amide bonds. The van der Waals surface area contributed by atoms with Crippen molar-refractivity contribution in [2.45, 2.75) is 39.2 Å². The van der Waals surface area contributed by atoms with Crippen LogP contribution >= 0.6 is 0 Å². The van der Waals surface area contributed by atoms with Crippen LogP contribution in [0.15, 0.2) is 18.2 Å². The summed E-state index contributed by atoms with van der Waals surface area (Å²) in [5, 5.41) is 10.4. The lowest BCUT2D eigenvalue weighted by Gasteiger charge is -2.46. The lowest BCUT2D eigenvalue weighted by Crippen LogP contribution is -2.43. The van der Waals surface area contributed by atoms with Gasteiger partial charge in [-0.2, -0.15) is 0 Å². The Morgan fingerprint density at radius 2 is 1.94 bits per heavy atom. The smallest absolute Gasteiger partial charge is 0.123 e. The molecule has 1 nitrogen and oxygen atoms in total. The Hall–Kier alpha value is -0.890. The fraction of sp³-hybridized carbons (Fsp3) is 0.571. The van der Waals surface area contributed by atoms with Crippen LogP contribution in [0.3, 0.4) is 0 Å². The van der Waals surface area contributed by atoms with E-state index in [0.29, 0.717) is 11.8 Å². The van der Waals surface area contributed by atoms with E-state index in [9.17, 15) is 9.50 Å². The van der Waals surface area contributed by atoms with E-state index in [0.717, 1.165) is 24.0 Å². The Labute approximate surface area is 96.3 Å². The zero-order valence-electron chi connectivity index (χ0n) is 10.1. The standard InChI is InChI=1S/C14H19FO/c1-9(2)11-7-14(16,8-11)12-4-10(3)5-13(15)6-12/h4-6,9,11,16H,7-8H2,1-3H3. The van der Waals surface area contributed by atoms with Crippen LogP contribution in [0.25, 0.3) is 0 Å². The second-order valence-electron chi connectivity index (χ2n) is 5.46. The molecule has 1 aliphatic carbocycles. The number of aryl methyl sites for hydroxylation is 1. The zero-order valence-corrected chi connectivity index (χ0v) is 10.1. The van der Waals surface area contributed by atoms with E-state index >= 15 is 0 Å². The molecule has 0 bridgehead atoms. The molecule has 1 N–H and O–H groups in total. The van der Waals surface area contributed by atoms with Gasteiger partial charge in [-0.1, -0.05) is 19.9 Å². The molecule has 0 radical (unpaired) electrons. The maximum absolute atomic E-state index is 13.3. The molecule has 0 spiro atoms. The fourth-order valence-corrected chi connectivity index (χ4v) is 2.52. The Balaban J connectivity index is 2.19. The van der Waals surface area contributed by atoms with Gasteiger partial charge in [0.05, 0.1) is 5.60 Å². The normalized spacial score (nSPS) is 29.2. The SMILES string of the molecule is Cc1cc(F)cc(C2(O)CC(C(C)C)C2)c1. The van der Waals surface area contributed by atoms with Crippen molar-refractivity contribution in [3.05, 3.63) is 35.1 Å². The first kappa shape index (κ1) is 11.6. The average Bonchev–Trinajstić information content (AvgIpc) is 2.10. The Kier molecular flexibility index (Phi) is 2.79. The maximum Gasteiger partial charge on any atom is 0.123 e. The second-order valence-corrected chi connectivity index (χ2v) is 5.46. The van der Waals surface area contributed by atoms with Crippen molar-refractivity contribution >= 4 is 0 Å². The first-order valence-electron chi connectivity index (χ1n) is 5.91. The number of hydrogen-bond donors (Lipinski definition) is 1. The van der Waals surface area contributed by atoms with Crippen molar-refractivity contribution in [2.75, 3.05) is 0 Å². The van der Waals surface area contributed by atoms with E-state index in [1.807, 2.05) is 13.0 Å². The predicted molar refractivity (Wildman–Crippen MR) is 62.6 cm³/mol. The molecule has 1 saturated carbocycles. The number of halogens is 1. The molecule has 1 aromatic carbocycles. The highest BCUT2D eigenvalue weighted by atomic mass is 19.1. The van der Waals surface area contributed by atoms with Gasteiger partial charge in [0, 0.05) is 0 Å². The van der Waals surface area contributed by atoms with E-state index in [1.165, 1.54) is 12.1 Å². The van der Waals surface area contributed by atoms with Crippen LogP contribution in [0, 0.1) is 24.6 Å². The third kappa shape index (κ3) is 1.99. The van der Waals surface area contributed by atoms with E-state index in [-0.39, 0.29) is 5.82 Å². The largest absolute Gasteiger partial charge is 0.385 e. The molecular formula is C14H19FO. The van der Waals surface area contributed by atoms with Gasteiger partial charge in [0.2, 0.25) is 0 Å². The van der Waals surface area contributed by atoms with E-state index in [2.05, 4.69) is 13.8 Å². The Morgan fingerprint density at radius 3 is 2.44 bits per heavy atom. The average molecular weight is 222 g/mol. The third-order valence-electron chi connectivity index (χ3n) is 3.72. The lowest BCUT2D eigenvalue weighted by atomic mass is 9.63. The minimum Gasteiger partial charge on any atom is -0.385 e. The van der Waals surface area contributed by atoms with Gasteiger partial charge in [0.25, 0.3) is 0 Å². The highest BCUT2D eigenvalue weighted by Gasteiger charge is 2.45. The lowest BCUT2D eigenvalue weighted by molar-refractivity contribution is -0.0935. The van der Waals surface area contributed by atoms with Gasteiger partial charge in [-0.3, -0.25) is 0 Å². The van der Waals surface area contributed by atoms with Gasteiger partial charge < -0.3 is 5.11 Å². The first-order valence-corrected chi connectivity index (χ1v) is 5.91. The molecule has 2 rings (SSSR count). The molecule has 0 atom stereocenters. The van der Waals surface area contributed by atoms with E-state index in [1.54, 1.807) is 0 Å². The van der Waals surface area contributed by atoms with Crippen LogP contribution in [0.5, 0.6) is 0 Å². The number of rotatable bonds is 2. The molecule has 1 aromatic rings. The molecule has 0 saturated heterocycles. The van der Waals surface area contributed by atoms with Crippen molar-refractivity contribution < 1.29 is 9.50 Å². The minimum absolute atomic E-state index is 0.253. The fourth-order valence-electron chi connectivity index (χ4n) is 2.52. The van der Waals surface area contributed by atoms with Gasteiger partial charge in [-0.15, -0.1) is 0 Å². The van der Waals surface area contributed by atoms with Gasteiger partial charge >= 0.3 is 0 Å².